The summed E-state index contributed by atoms with van der Waals surface area (Å²) in [6.07, 6.45) is 1.63. The highest BCUT2D eigenvalue weighted by Gasteiger charge is 2.36. The minimum absolute atomic E-state index is 0.114. The Morgan fingerprint density at radius 1 is 1.22 bits per heavy atom. The summed E-state index contributed by atoms with van der Waals surface area (Å²) in [5.41, 5.74) is 1.75. The lowest BCUT2D eigenvalue weighted by Crippen LogP contribution is -2.50. The zero-order chi connectivity index (χ0) is 19.6. The molecule has 3 rings (SSSR count). The van der Waals surface area contributed by atoms with Crippen LogP contribution in [0.2, 0.25) is 0 Å². The first-order valence-corrected chi connectivity index (χ1v) is 8.10. The van der Waals surface area contributed by atoms with Crippen molar-refractivity contribution in [1.82, 2.24) is 14.9 Å². The fraction of sp³-hybridized carbons (Fsp3) is 0.353. The second kappa shape index (κ2) is 7.44. The number of fused-ring (bicyclic) bond motifs is 1. The third kappa shape index (κ3) is 3.46. The lowest BCUT2D eigenvalue weighted by atomic mass is 10.0. The van der Waals surface area contributed by atoms with Gasteiger partial charge in [-0.3, -0.25) is 0 Å². The number of hydrogen-bond acceptors (Lipinski definition) is 6. The summed E-state index contributed by atoms with van der Waals surface area (Å²) < 4.78 is 15.8. The Balaban J connectivity index is 1.87. The van der Waals surface area contributed by atoms with E-state index in [1.54, 1.807) is 12.1 Å². The van der Waals surface area contributed by atoms with Gasteiger partial charge in [-0.15, -0.1) is 0 Å². The number of ether oxygens (including phenoxy) is 3. The molecule has 1 unspecified atom stereocenters. The van der Waals surface area contributed by atoms with Gasteiger partial charge in [-0.1, -0.05) is 0 Å². The first kappa shape index (κ1) is 18.4. The first-order valence-electron chi connectivity index (χ1n) is 8.10. The van der Waals surface area contributed by atoms with E-state index in [2.05, 4.69) is 15.3 Å². The van der Waals surface area contributed by atoms with E-state index in [1.807, 2.05) is 0 Å². The van der Waals surface area contributed by atoms with E-state index in [0.29, 0.717) is 34.3 Å². The van der Waals surface area contributed by atoms with Gasteiger partial charge in [-0.25, -0.2) is 14.6 Å². The summed E-state index contributed by atoms with van der Waals surface area (Å²) in [5, 5.41) is 12.2. The van der Waals surface area contributed by atoms with Crippen LogP contribution in [0, 0.1) is 0 Å². The number of benzene rings is 1. The largest absolute Gasteiger partial charge is 0.493 e. The third-order valence-electron chi connectivity index (χ3n) is 4.36. The number of H-pyrrole nitrogens is 1. The van der Waals surface area contributed by atoms with Crippen molar-refractivity contribution in [3.8, 4) is 17.2 Å². The zero-order valence-electron chi connectivity index (χ0n) is 15.1. The number of rotatable bonds is 5. The molecule has 0 saturated carbocycles. The molecule has 0 saturated heterocycles. The molecule has 2 aromatic rings. The van der Waals surface area contributed by atoms with Crippen LogP contribution in [0.1, 0.15) is 11.4 Å². The maximum atomic E-state index is 12.8. The van der Waals surface area contributed by atoms with E-state index in [1.165, 1.54) is 32.6 Å². The molecule has 0 aliphatic carbocycles. The van der Waals surface area contributed by atoms with Gasteiger partial charge < -0.3 is 34.5 Å². The lowest BCUT2D eigenvalue weighted by Gasteiger charge is -2.32. The maximum Gasteiger partial charge on any atom is 0.326 e. The van der Waals surface area contributed by atoms with Crippen LogP contribution in [0.25, 0.3) is 0 Å². The smallest absolute Gasteiger partial charge is 0.326 e. The van der Waals surface area contributed by atoms with E-state index in [4.69, 9.17) is 14.2 Å². The molecule has 0 radical (unpaired) electrons. The normalized spacial score (nSPS) is 15.7. The summed E-state index contributed by atoms with van der Waals surface area (Å²) in [4.78, 5) is 32.7. The van der Waals surface area contributed by atoms with Crippen molar-refractivity contribution in [3.05, 3.63) is 29.8 Å². The van der Waals surface area contributed by atoms with Crippen molar-refractivity contribution in [2.45, 2.75) is 19.0 Å². The van der Waals surface area contributed by atoms with Crippen LogP contribution in [0.5, 0.6) is 17.2 Å². The predicted octanol–water partition coefficient (Wildman–Crippen LogP) is 1.48. The number of carboxylic acids is 1. The zero-order valence-corrected chi connectivity index (χ0v) is 15.1. The van der Waals surface area contributed by atoms with E-state index < -0.39 is 18.0 Å². The summed E-state index contributed by atoms with van der Waals surface area (Å²) in [6.45, 7) is 0.114. The summed E-state index contributed by atoms with van der Waals surface area (Å²) in [5.74, 6) is 0.0399. The summed E-state index contributed by atoms with van der Waals surface area (Å²) >= 11 is 0. The van der Waals surface area contributed by atoms with Gasteiger partial charge in [-0.05, 0) is 0 Å². The standard InChI is InChI=1S/C17H20N4O6/c1-25-13-4-9(5-14(26-2)15(13)27-3)20-17(24)21-7-11-10(18-8-19-11)6-12(21)16(22)23/h4-5,8,12H,6-7H2,1-3H3,(H,18,19)(H,20,24)(H,22,23). The van der Waals surface area contributed by atoms with Crippen molar-refractivity contribution < 1.29 is 28.9 Å². The lowest BCUT2D eigenvalue weighted by molar-refractivity contribution is -0.142. The molecular formula is C17H20N4O6. The molecular weight excluding hydrogens is 356 g/mol. The van der Waals surface area contributed by atoms with Crippen molar-refractivity contribution in [2.75, 3.05) is 26.6 Å². The van der Waals surface area contributed by atoms with Gasteiger partial charge >= 0.3 is 12.0 Å². The van der Waals surface area contributed by atoms with Crippen molar-refractivity contribution in [3.63, 3.8) is 0 Å². The fourth-order valence-electron chi connectivity index (χ4n) is 3.02. The number of amides is 2. The van der Waals surface area contributed by atoms with Crippen LogP contribution in [0.15, 0.2) is 18.5 Å². The van der Waals surface area contributed by atoms with Gasteiger partial charge in [0.25, 0.3) is 0 Å². The number of hydrogen-bond donors (Lipinski definition) is 3. The molecule has 1 aliphatic heterocycles. The number of carboxylic acid groups (broad SMARTS) is 1. The molecule has 3 N–H and O–H groups in total. The molecule has 2 amide bonds. The minimum Gasteiger partial charge on any atom is -0.493 e. The SMILES string of the molecule is COc1cc(NC(=O)N2Cc3[nH]cnc3CC2C(=O)O)cc(OC)c1OC. The molecule has 27 heavy (non-hydrogen) atoms. The molecule has 2 heterocycles. The highest BCUT2D eigenvalue weighted by Crippen LogP contribution is 2.40. The average Bonchev–Trinajstić information content (AvgIpc) is 3.13. The number of nitrogens with zero attached hydrogens (tertiary/aromatic N) is 2. The molecule has 1 aliphatic rings. The number of carbonyl (C=O) groups excluding carboxylic acids is 1. The Hall–Kier alpha value is -3.43. The van der Waals surface area contributed by atoms with E-state index in [-0.39, 0.29) is 13.0 Å². The van der Waals surface area contributed by atoms with E-state index in [9.17, 15) is 14.7 Å². The summed E-state index contributed by atoms with van der Waals surface area (Å²) in [6, 6.07) is 1.57. The van der Waals surface area contributed by atoms with Gasteiger partial charge in [0.1, 0.15) is 6.04 Å². The van der Waals surface area contributed by atoms with Gasteiger partial charge in [0.2, 0.25) is 5.75 Å². The Bertz CT molecular complexity index is 840. The van der Waals surface area contributed by atoms with E-state index >= 15 is 0 Å². The van der Waals surface area contributed by atoms with Gasteiger partial charge in [0.05, 0.1) is 51.3 Å². The van der Waals surface area contributed by atoms with Crippen LogP contribution in [0.3, 0.4) is 0 Å². The second-order valence-electron chi connectivity index (χ2n) is 5.86. The highest BCUT2D eigenvalue weighted by atomic mass is 16.5. The molecule has 1 aromatic heterocycles. The van der Waals surface area contributed by atoms with Crippen molar-refractivity contribution in [1.29, 1.82) is 0 Å². The average molecular weight is 376 g/mol. The second-order valence-corrected chi connectivity index (χ2v) is 5.86. The molecule has 144 valence electrons. The Labute approximate surface area is 155 Å². The number of methoxy groups -OCH3 is 3. The Morgan fingerprint density at radius 3 is 2.44 bits per heavy atom. The third-order valence-corrected chi connectivity index (χ3v) is 4.36. The molecule has 10 heteroatoms. The van der Waals surface area contributed by atoms with Crippen LogP contribution in [-0.4, -0.2) is 59.3 Å². The quantitative estimate of drug-likeness (QED) is 0.721. The van der Waals surface area contributed by atoms with E-state index in [0.717, 1.165) is 0 Å². The minimum atomic E-state index is -1.09. The van der Waals surface area contributed by atoms with Crippen LogP contribution in [-0.2, 0) is 17.8 Å². The van der Waals surface area contributed by atoms with Gasteiger partial charge in [-0.2, -0.15) is 0 Å². The number of nitrogens with one attached hydrogen (secondary N) is 2. The number of aromatic nitrogens is 2. The topological polar surface area (TPSA) is 126 Å². The van der Waals surface area contributed by atoms with Crippen LogP contribution >= 0.6 is 0 Å². The monoisotopic (exact) mass is 376 g/mol. The Kier molecular flexibility index (Phi) is 5.06. The Morgan fingerprint density at radius 2 is 1.89 bits per heavy atom. The number of anilines is 1. The predicted molar refractivity (Wildman–Crippen MR) is 94.4 cm³/mol. The highest BCUT2D eigenvalue weighted by molar-refractivity contribution is 5.93. The number of aromatic amines is 1. The number of imidazole rings is 1. The molecule has 1 atom stereocenters. The van der Waals surface area contributed by atoms with Gasteiger partial charge in [0.15, 0.2) is 11.5 Å². The molecule has 0 spiro atoms. The fourth-order valence-corrected chi connectivity index (χ4v) is 3.02. The van der Waals surface area contributed by atoms with Crippen molar-refractivity contribution >= 4 is 17.7 Å². The molecule has 0 bridgehead atoms. The molecule has 1 aromatic carbocycles. The number of urea groups is 1. The molecule has 0 fully saturated rings. The maximum absolute atomic E-state index is 12.8. The summed E-state index contributed by atoms with van der Waals surface area (Å²) in [7, 11) is 4.41. The first-order chi connectivity index (χ1) is 13.0. The number of aliphatic carboxylic acids is 1. The van der Waals surface area contributed by atoms with Crippen LogP contribution < -0.4 is 19.5 Å². The molecule has 10 nitrogen and oxygen atoms in total. The van der Waals surface area contributed by atoms with Crippen LogP contribution in [0.4, 0.5) is 10.5 Å². The van der Waals surface area contributed by atoms with Crippen molar-refractivity contribution in [2.24, 2.45) is 0 Å². The van der Waals surface area contributed by atoms with Gasteiger partial charge in [0, 0.05) is 18.6 Å². The number of carbonyl (C=O) groups is 2.